The number of rotatable bonds is 6. The molecule has 0 aliphatic rings. The molecule has 0 amide bonds. The molecular weight excluding hydrogens is 236 g/mol. The Hall–Kier alpha value is -0.603. The van der Waals surface area contributed by atoms with Gasteiger partial charge in [-0.1, -0.05) is 58.0 Å². The summed E-state index contributed by atoms with van der Waals surface area (Å²) in [5.74, 6) is 0.663. The van der Waals surface area contributed by atoms with Crippen molar-refractivity contribution < 1.29 is 4.43 Å². The normalized spacial score (nSPS) is 13.1. The third-order valence-electron chi connectivity index (χ3n) is 4.69. The predicted molar refractivity (Wildman–Crippen MR) is 82.5 cm³/mol. The van der Waals surface area contributed by atoms with Crippen LogP contribution in [-0.2, 0) is 10.8 Å². The molecule has 1 aromatic carbocycles. The van der Waals surface area contributed by atoms with Gasteiger partial charge in [0.2, 0.25) is 0 Å². The fraction of sp³-hybridized carbons (Fsp3) is 0.625. The smallest absolute Gasteiger partial charge is 0.192 e. The van der Waals surface area contributed by atoms with Crippen molar-refractivity contribution in [3.63, 3.8) is 0 Å². The van der Waals surface area contributed by atoms with Crippen LogP contribution in [0.1, 0.15) is 33.3 Å². The van der Waals surface area contributed by atoms with Crippen molar-refractivity contribution in [1.29, 1.82) is 0 Å². The highest BCUT2D eigenvalue weighted by Crippen LogP contribution is 2.44. The molecule has 0 aliphatic carbocycles. The number of hydrogen-bond donors (Lipinski definition) is 0. The predicted octanol–water partition coefficient (Wildman–Crippen LogP) is 4.89. The lowest BCUT2D eigenvalue weighted by atomic mass is 9.99. The maximum absolute atomic E-state index is 6.30. The van der Waals surface area contributed by atoms with Gasteiger partial charge in [0.05, 0.1) is 0 Å². The first-order chi connectivity index (χ1) is 8.27. The van der Waals surface area contributed by atoms with Crippen LogP contribution in [0, 0.1) is 5.92 Å². The van der Waals surface area contributed by atoms with Crippen molar-refractivity contribution in [2.75, 3.05) is 6.61 Å². The lowest BCUT2D eigenvalue weighted by Gasteiger charge is -2.42. The zero-order chi connectivity index (χ0) is 13.8. The summed E-state index contributed by atoms with van der Waals surface area (Å²) in [4.78, 5) is 0. The Morgan fingerprint density at radius 3 is 2.17 bits per heavy atom. The van der Waals surface area contributed by atoms with E-state index in [0.717, 1.165) is 13.0 Å². The maximum Gasteiger partial charge on any atom is 0.192 e. The summed E-state index contributed by atoms with van der Waals surface area (Å²) in [6.45, 7) is 14.8. The van der Waals surface area contributed by atoms with Crippen LogP contribution in [0.3, 0.4) is 0 Å². The molecule has 0 fully saturated rings. The van der Waals surface area contributed by atoms with Gasteiger partial charge in [-0.2, -0.15) is 0 Å². The Labute approximate surface area is 114 Å². The second-order valence-corrected chi connectivity index (χ2v) is 11.1. The van der Waals surface area contributed by atoms with Crippen molar-refractivity contribution in [3.8, 4) is 0 Å². The molecule has 102 valence electrons. The highest BCUT2D eigenvalue weighted by Gasteiger charge is 2.42. The van der Waals surface area contributed by atoms with Crippen molar-refractivity contribution in [1.82, 2.24) is 0 Å². The van der Waals surface area contributed by atoms with Gasteiger partial charge in [-0.05, 0) is 36.0 Å². The fourth-order valence-electron chi connectivity index (χ4n) is 1.95. The van der Waals surface area contributed by atoms with Gasteiger partial charge in [0.25, 0.3) is 0 Å². The van der Waals surface area contributed by atoms with Gasteiger partial charge in [0, 0.05) is 6.61 Å². The second kappa shape index (κ2) is 6.03. The average Bonchev–Trinajstić information content (AvgIpc) is 2.29. The number of benzene rings is 1. The first-order valence-electron chi connectivity index (χ1n) is 6.95. The standard InChI is InChI=1S/C16H28OSi/c1-14(2)16(3,4)18(5,6)17-13-12-15-10-8-7-9-11-15/h7-11,14H,12-13H2,1-6H3. The Balaban J connectivity index is 2.52. The van der Waals surface area contributed by atoms with E-state index in [9.17, 15) is 0 Å². The molecule has 0 saturated carbocycles. The van der Waals surface area contributed by atoms with Crippen LogP contribution in [0.4, 0.5) is 0 Å². The van der Waals surface area contributed by atoms with Crippen molar-refractivity contribution in [3.05, 3.63) is 35.9 Å². The minimum Gasteiger partial charge on any atom is -0.416 e. The molecule has 0 saturated heterocycles. The largest absolute Gasteiger partial charge is 0.416 e. The van der Waals surface area contributed by atoms with Crippen molar-refractivity contribution in [2.24, 2.45) is 5.92 Å². The maximum atomic E-state index is 6.30. The molecule has 1 nitrogen and oxygen atoms in total. The summed E-state index contributed by atoms with van der Waals surface area (Å²) in [6.07, 6.45) is 1.02. The highest BCUT2D eigenvalue weighted by molar-refractivity contribution is 6.74. The van der Waals surface area contributed by atoms with Crippen LogP contribution < -0.4 is 0 Å². The van der Waals surface area contributed by atoms with E-state index in [-0.39, 0.29) is 0 Å². The van der Waals surface area contributed by atoms with Crippen LogP contribution in [-0.4, -0.2) is 14.9 Å². The summed E-state index contributed by atoms with van der Waals surface area (Å²) >= 11 is 0. The molecule has 18 heavy (non-hydrogen) atoms. The molecule has 1 aromatic rings. The lowest BCUT2D eigenvalue weighted by Crippen LogP contribution is -2.45. The zero-order valence-electron chi connectivity index (χ0n) is 12.8. The quantitative estimate of drug-likeness (QED) is 0.665. The SMILES string of the molecule is CC(C)C(C)(C)[Si](C)(C)OCCc1ccccc1. The van der Waals surface area contributed by atoms with Gasteiger partial charge in [-0.25, -0.2) is 0 Å². The van der Waals surface area contributed by atoms with Gasteiger partial charge in [0.15, 0.2) is 8.32 Å². The van der Waals surface area contributed by atoms with E-state index in [1.165, 1.54) is 5.56 Å². The van der Waals surface area contributed by atoms with Gasteiger partial charge in [-0.15, -0.1) is 0 Å². The van der Waals surface area contributed by atoms with Crippen molar-refractivity contribution >= 4 is 8.32 Å². The molecule has 0 unspecified atom stereocenters. The van der Waals surface area contributed by atoms with E-state index in [0.29, 0.717) is 11.0 Å². The van der Waals surface area contributed by atoms with Gasteiger partial charge in [0.1, 0.15) is 0 Å². The molecule has 2 heteroatoms. The Bertz CT molecular complexity index is 355. The molecule has 0 N–H and O–H groups in total. The summed E-state index contributed by atoms with van der Waals surface area (Å²) in [7, 11) is -1.65. The molecule has 0 heterocycles. The second-order valence-electron chi connectivity index (χ2n) is 6.47. The van der Waals surface area contributed by atoms with E-state index < -0.39 is 8.32 Å². The molecule has 0 aliphatic heterocycles. The van der Waals surface area contributed by atoms with Gasteiger partial charge < -0.3 is 4.43 Å². The summed E-state index contributed by atoms with van der Waals surface area (Å²) in [5, 5.41) is 0.309. The molecule has 0 spiro atoms. The van der Waals surface area contributed by atoms with Crippen LogP contribution in [0.5, 0.6) is 0 Å². The Morgan fingerprint density at radius 2 is 1.67 bits per heavy atom. The lowest BCUT2D eigenvalue weighted by molar-refractivity contribution is 0.270. The summed E-state index contributed by atoms with van der Waals surface area (Å²) < 4.78 is 6.30. The monoisotopic (exact) mass is 264 g/mol. The molecule has 0 aromatic heterocycles. The van der Waals surface area contributed by atoms with E-state index in [4.69, 9.17) is 4.43 Å². The fourth-order valence-corrected chi connectivity index (χ4v) is 4.32. The van der Waals surface area contributed by atoms with E-state index in [1.807, 2.05) is 0 Å². The molecule has 0 bridgehead atoms. The van der Waals surface area contributed by atoms with Crippen LogP contribution >= 0.6 is 0 Å². The van der Waals surface area contributed by atoms with Gasteiger partial charge in [-0.3, -0.25) is 0 Å². The topological polar surface area (TPSA) is 9.23 Å². The summed E-state index contributed by atoms with van der Waals surface area (Å²) in [6, 6.07) is 10.6. The first kappa shape index (κ1) is 15.5. The molecule has 0 radical (unpaired) electrons. The van der Waals surface area contributed by atoms with Crippen LogP contribution in [0.2, 0.25) is 18.1 Å². The Kier molecular flexibility index (Phi) is 5.17. The van der Waals surface area contributed by atoms with E-state index in [2.05, 4.69) is 71.1 Å². The Morgan fingerprint density at radius 1 is 1.11 bits per heavy atom. The first-order valence-corrected chi connectivity index (χ1v) is 9.86. The average molecular weight is 264 g/mol. The molecule has 1 rings (SSSR count). The van der Waals surface area contributed by atoms with Crippen LogP contribution in [0.25, 0.3) is 0 Å². The third kappa shape index (κ3) is 3.69. The van der Waals surface area contributed by atoms with E-state index >= 15 is 0 Å². The molecular formula is C16H28OSi. The van der Waals surface area contributed by atoms with Crippen molar-refractivity contribution in [2.45, 2.75) is 52.2 Å². The van der Waals surface area contributed by atoms with E-state index in [1.54, 1.807) is 0 Å². The summed E-state index contributed by atoms with van der Waals surface area (Å²) in [5.41, 5.74) is 1.37. The minimum absolute atomic E-state index is 0.309. The highest BCUT2D eigenvalue weighted by atomic mass is 28.4. The zero-order valence-corrected chi connectivity index (χ0v) is 13.8. The number of hydrogen-bond acceptors (Lipinski definition) is 1. The third-order valence-corrected chi connectivity index (χ3v) is 9.30. The molecule has 0 atom stereocenters. The van der Waals surface area contributed by atoms with Crippen LogP contribution in [0.15, 0.2) is 30.3 Å². The van der Waals surface area contributed by atoms with Gasteiger partial charge >= 0.3 is 0 Å². The minimum atomic E-state index is -1.65.